The third-order valence-electron chi connectivity index (χ3n) is 1.41. The molecule has 0 radical (unpaired) electrons. The lowest BCUT2D eigenvalue weighted by Gasteiger charge is -2.05. The fraction of sp³-hybridized carbons (Fsp3) is 0.750. The van der Waals surface area contributed by atoms with E-state index in [1.807, 2.05) is 6.92 Å². The second-order valence-corrected chi connectivity index (χ2v) is 2.45. The monoisotopic (exact) mass is 142 g/mol. The highest BCUT2D eigenvalue weighted by molar-refractivity contribution is 5.83. The molecule has 0 amide bonds. The highest BCUT2D eigenvalue weighted by atomic mass is 16.1. The molecule has 1 aliphatic rings. The van der Waals surface area contributed by atoms with Gasteiger partial charge in [0.1, 0.15) is 11.6 Å². The van der Waals surface area contributed by atoms with Gasteiger partial charge in [-0.05, 0) is 13.3 Å². The Bertz CT molecular complexity index is 114. The molecule has 0 aromatic heterocycles. The van der Waals surface area contributed by atoms with Crippen LogP contribution in [-0.2, 0) is 9.59 Å². The molecule has 0 spiro atoms. The van der Waals surface area contributed by atoms with Crippen molar-refractivity contribution in [3.05, 3.63) is 0 Å². The molecule has 0 saturated heterocycles. The minimum atomic E-state index is 0.255. The van der Waals surface area contributed by atoms with E-state index in [1.54, 1.807) is 6.92 Å². The Kier molecular flexibility index (Phi) is 4.81. The first kappa shape index (κ1) is 9.34. The first-order valence-electron chi connectivity index (χ1n) is 3.68. The van der Waals surface area contributed by atoms with Gasteiger partial charge < -0.3 is 4.79 Å². The molecule has 0 bridgehead atoms. The van der Waals surface area contributed by atoms with Crippen LogP contribution in [0.2, 0.25) is 0 Å². The summed E-state index contributed by atoms with van der Waals surface area (Å²) in [5.74, 6) is 0.690. The van der Waals surface area contributed by atoms with Crippen LogP contribution in [0.1, 0.15) is 39.5 Å². The molecular formula is C8H14O2. The molecule has 0 atom stereocenters. The van der Waals surface area contributed by atoms with Gasteiger partial charge in [-0.25, -0.2) is 0 Å². The van der Waals surface area contributed by atoms with Crippen LogP contribution < -0.4 is 0 Å². The number of hydrogen-bond donors (Lipinski definition) is 0. The quantitative estimate of drug-likeness (QED) is 0.558. The van der Waals surface area contributed by atoms with Crippen LogP contribution in [0.15, 0.2) is 0 Å². The van der Waals surface area contributed by atoms with E-state index >= 15 is 0 Å². The predicted molar refractivity (Wildman–Crippen MR) is 39.8 cm³/mol. The maximum atomic E-state index is 9.90. The minimum Gasteiger partial charge on any atom is -0.300 e. The zero-order chi connectivity index (χ0) is 7.98. The molecule has 0 aliphatic heterocycles. The summed E-state index contributed by atoms with van der Waals surface area (Å²) in [6, 6.07) is 0. The number of Topliss-reactive ketones (excluding diaryl/α,β-unsaturated/α-hetero) is 2. The zero-order valence-electron chi connectivity index (χ0n) is 6.64. The molecule has 2 heteroatoms. The van der Waals surface area contributed by atoms with Crippen LogP contribution in [0.4, 0.5) is 0 Å². The summed E-state index contributed by atoms with van der Waals surface area (Å²) in [4.78, 5) is 19.7. The highest BCUT2D eigenvalue weighted by Gasteiger charge is 2.09. The van der Waals surface area contributed by atoms with Crippen LogP contribution in [0, 0.1) is 0 Å². The molecule has 0 N–H and O–H groups in total. The van der Waals surface area contributed by atoms with Gasteiger partial charge in [-0.3, -0.25) is 4.79 Å². The summed E-state index contributed by atoms with van der Waals surface area (Å²) in [6.45, 7) is 3.43. The van der Waals surface area contributed by atoms with Crippen molar-refractivity contribution < 1.29 is 9.59 Å². The molecule has 1 aliphatic carbocycles. The topological polar surface area (TPSA) is 34.1 Å². The molecule has 1 saturated carbocycles. The van der Waals surface area contributed by atoms with Gasteiger partial charge in [0.15, 0.2) is 0 Å². The van der Waals surface area contributed by atoms with E-state index in [2.05, 4.69) is 0 Å². The van der Waals surface area contributed by atoms with Crippen molar-refractivity contribution in [3.63, 3.8) is 0 Å². The van der Waals surface area contributed by atoms with Crippen molar-refractivity contribution in [2.45, 2.75) is 39.5 Å². The van der Waals surface area contributed by atoms with Crippen molar-refractivity contribution in [3.8, 4) is 0 Å². The normalized spacial score (nSPS) is 14.8. The van der Waals surface area contributed by atoms with Gasteiger partial charge in [0.2, 0.25) is 0 Å². The summed E-state index contributed by atoms with van der Waals surface area (Å²) in [5, 5.41) is 0. The molecule has 0 heterocycles. The van der Waals surface area contributed by atoms with E-state index in [-0.39, 0.29) is 5.78 Å². The van der Waals surface area contributed by atoms with Crippen molar-refractivity contribution >= 4 is 11.6 Å². The van der Waals surface area contributed by atoms with E-state index in [0.29, 0.717) is 12.2 Å². The second kappa shape index (κ2) is 5.15. The maximum Gasteiger partial charge on any atom is 0.132 e. The third kappa shape index (κ3) is 5.48. The van der Waals surface area contributed by atoms with Crippen molar-refractivity contribution in [1.29, 1.82) is 0 Å². The highest BCUT2D eigenvalue weighted by Crippen LogP contribution is 2.10. The lowest BCUT2D eigenvalue weighted by Crippen LogP contribution is -2.07. The van der Waals surface area contributed by atoms with Crippen LogP contribution in [0.25, 0.3) is 0 Å². The van der Waals surface area contributed by atoms with Crippen LogP contribution in [-0.4, -0.2) is 11.6 Å². The lowest BCUT2D eigenvalue weighted by atomic mass is 9.99. The van der Waals surface area contributed by atoms with Crippen LogP contribution >= 0.6 is 0 Å². The van der Waals surface area contributed by atoms with Crippen LogP contribution in [0.5, 0.6) is 0 Å². The number of rotatable bonds is 1. The van der Waals surface area contributed by atoms with Gasteiger partial charge >= 0.3 is 0 Å². The Morgan fingerprint density at radius 3 is 1.80 bits per heavy atom. The Labute approximate surface area is 61.6 Å². The average molecular weight is 142 g/mol. The summed E-state index contributed by atoms with van der Waals surface area (Å²) in [5.41, 5.74) is 0. The van der Waals surface area contributed by atoms with Gasteiger partial charge in [0.05, 0.1) is 0 Å². The average Bonchev–Trinajstić information content (AvgIpc) is 1.85. The summed E-state index contributed by atoms with van der Waals surface area (Å²) < 4.78 is 0. The summed E-state index contributed by atoms with van der Waals surface area (Å²) in [6.07, 6.45) is 3.50. The molecule has 2 nitrogen and oxygen atoms in total. The van der Waals surface area contributed by atoms with Crippen molar-refractivity contribution in [2.75, 3.05) is 0 Å². The van der Waals surface area contributed by atoms with E-state index in [1.165, 1.54) is 0 Å². The molecule has 1 fully saturated rings. The Balaban J connectivity index is 0.000000162. The van der Waals surface area contributed by atoms with Crippen molar-refractivity contribution in [2.24, 2.45) is 0 Å². The van der Waals surface area contributed by atoms with E-state index in [9.17, 15) is 9.59 Å². The Hall–Kier alpha value is -0.660. The van der Waals surface area contributed by atoms with E-state index in [4.69, 9.17) is 0 Å². The lowest BCUT2D eigenvalue weighted by molar-refractivity contribution is -0.123. The fourth-order valence-electron chi connectivity index (χ4n) is 0.321. The third-order valence-corrected chi connectivity index (χ3v) is 1.41. The molecule has 10 heavy (non-hydrogen) atoms. The molecule has 58 valence electrons. The largest absolute Gasteiger partial charge is 0.300 e. The molecule has 0 aromatic carbocycles. The molecule has 1 rings (SSSR count). The smallest absolute Gasteiger partial charge is 0.132 e. The SMILES string of the molecule is CCC(C)=O.O=C1CCC1. The molecular weight excluding hydrogens is 128 g/mol. The number of ketones is 2. The van der Waals surface area contributed by atoms with Crippen LogP contribution in [0.3, 0.4) is 0 Å². The standard InChI is InChI=1S/C4H6O.C4H8O/c5-4-2-1-3-4;1-3-4(2)5/h1-3H2;3H2,1-2H3. The summed E-state index contributed by atoms with van der Waals surface area (Å²) in [7, 11) is 0. The van der Waals surface area contributed by atoms with E-state index < -0.39 is 0 Å². The van der Waals surface area contributed by atoms with Gasteiger partial charge in [-0.1, -0.05) is 6.92 Å². The second-order valence-electron chi connectivity index (χ2n) is 2.45. The van der Waals surface area contributed by atoms with Gasteiger partial charge in [-0.2, -0.15) is 0 Å². The van der Waals surface area contributed by atoms with Gasteiger partial charge in [0, 0.05) is 19.3 Å². The zero-order valence-corrected chi connectivity index (χ0v) is 6.64. The molecule has 0 unspecified atom stereocenters. The maximum absolute atomic E-state index is 9.90. The van der Waals surface area contributed by atoms with Crippen molar-refractivity contribution in [1.82, 2.24) is 0 Å². The van der Waals surface area contributed by atoms with Gasteiger partial charge in [-0.15, -0.1) is 0 Å². The fourth-order valence-corrected chi connectivity index (χ4v) is 0.321. The summed E-state index contributed by atoms with van der Waals surface area (Å²) >= 11 is 0. The Morgan fingerprint density at radius 1 is 1.50 bits per heavy atom. The van der Waals surface area contributed by atoms with E-state index in [0.717, 1.165) is 19.3 Å². The molecule has 0 aromatic rings. The first-order chi connectivity index (χ1) is 4.66. The number of hydrogen-bond acceptors (Lipinski definition) is 2. The number of carbonyl (C=O) groups excluding carboxylic acids is 2. The predicted octanol–water partition coefficient (Wildman–Crippen LogP) is 1.72. The Morgan fingerprint density at radius 2 is 1.80 bits per heavy atom. The first-order valence-corrected chi connectivity index (χ1v) is 3.68. The minimum absolute atomic E-state index is 0.255. The van der Waals surface area contributed by atoms with Gasteiger partial charge in [0.25, 0.3) is 0 Å². The number of carbonyl (C=O) groups is 2.